The summed E-state index contributed by atoms with van der Waals surface area (Å²) in [5, 5.41) is 11.8. The van der Waals surface area contributed by atoms with Gasteiger partial charge in [-0.1, -0.05) is 0 Å². The first-order valence-corrected chi connectivity index (χ1v) is 3.06. The molecule has 9 heavy (non-hydrogen) atoms. The van der Waals surface area contributed by atoms with Crippen molar-refractivity contribution < 1.29 is 9.84 Å². The van der Waals surface area contributed by atoms with E-state index in [-0.39, 0.29) is 12.3 Å². The molecule has 1 saturated heterocycles. The van der Waals surface area contributed by atoms with Crippen molar-refractivity contribution in [3.63, 3.8) is 0 Å². The highest BCUT2D eigenvalue weighted by atomic mass is 16.5. The fourth-order valence-corrected chi connectivity index (χ4v) is 0.764. The van der Waals surface area contributed by atoms with Crippen LogP contribution in [0.4, 0.5) is 0 Å². The van der Waals surface area contributed by atoms with E-state index in [0.29, 0.717) is 19.7 Å². The first kappa shape index (κ1) is 6.95. The van der Waals surface area contributed by atoms with Crippen LogP contribution in [0.1, 0.15) is 0 Å². The number of nitrogens with two attached hydrogens (primary N) is 1. The van der Waals surface area contributed by atoms with Crippen molar-refractivity contribution in [3.05, 3.63) is 0 Å². The Kier molecular flexibility index (Phi) is 2.41. The fraction of sp³-hybridized carbons (Fsp3) is 1.00. The standard InChI is InChI=1S/C5H12N2O2/c6-1-5-7-2-4(8)3-9-5/h4-5,7-8H,1-3,6H2. The third kappa shape index (κ3) is 1.91. The highest BCUT2D eigenvalue weighted by Gasteiger charge is 2.16. The van der Waals surface area contributed by atoms with E-state index >= 15 is 0 Å². The Morgan fingerprint density at radius 1 is 1.78 bits per heavy atom. The van der Waals surface area contributed by atoms with Gasteiger partial charge < -0.3 is 15.6 Å². The van der Waals surface area contributed by atoms with Gasteiger partial charge in [-0.2, -0.15) is 0 Å². The van der Waals surface area contributed by atoms with Crippen LogP contribution in [0.15, 0.2) is 0 Å². The molecule has 1 heterocycles. The van der Waals surface area contributed by atoms with E-state index in [2.05, 4.69) is 5.32 Å². The van der Waals surface area contributed by atoms with Crippen LogP contribution in [0.3, 0.4) is 0 Å². The zero-order valence-corrected chi connectivity index (χ0v) is 5.21. The van der Waals surface area contributed by atoms with Crippen LogP contribution in [0.2, 0.25) is 0 Å². The van der Waals surface area contributed by atoms with Crippen molar-refractivity contribution in [1.29, 1.82) is 0 Å². The van der Waals surface area contributed by atoms with Gasteiger partial charge in [0.15, 0.2) is 0 Å². The molecular weight excluding hydrogens is 120 g/mol. The molecule has 0 aromatic rings. The summed E-state index contributed by atoms with van der Waals surface area (Å²) in [6.07, 6.45) is -0.429. The molecular formula is C5H12N2O2. The third-order valence-corrected chi connectivity index (χ3v) is 1.29. The lowest BCUT2D eigenvalue weighted by Gasteiger charge is -2.26. The number of ether oxygens (including phenoxy) is 1. The number of β-amino-alcohol motifs (C(OH)–C–C–N with tert-alkyl or cyclic N) is 1. The van der Waals surface area contributed by atoms with Crippen LogP contribution in [0, 0.1) is 0 Å². The molecule has 1 aliphatic heterocycles. The second kappa shape index (κ2) is 3.12. The first-order valence-electron chi connectivity index (χ1n) is 3.06. The van der Waals surface area contributed by atoms with Gasteiger partial charge in [-0.3, -0.25) is 5.32 Å². The minimum atomic E-state index is -0.368. The summed E-state index contributed by atoms with van der Waals surface area (Å²) in [4.78, 5) is 0. The lowest BCUT2D eigenvalue weighted by Crippen LogP contribution is -2.49. The second-order valence-corrected chi connectivity index (χ2v) is 2.12. The normalized spacial score (nSPS) is 36.7. The molecule has 0 aromatic carbocycles. The van der Waals surface area contributed by atoms with E-state index in [4.69, 9.17) is 15.6 Å². The van der Waals surface area contributed by atoms with Crippen molar-refractivity contribution >= 4 is 0 Å². The molecule has 54 valence electrons. The van der Waals surface area contributed by atoms with Gasteiger partial charge >= 0.3 is 0 Å². The van der Waals surface area contributed by atoms with E-state index < -0.39 is 0 Å². The van der Waals surface area contributed by atoms with Crippen molar-refractivity contribution in [1.82, 2.24) is 5.32 Å². The predicted octanol–water partition coefficient (Wildman–Crippen LogP) is -1.75. The van der Waals surface area contributed by atoms with Crippen molar-refractivity contribution in [2.24, 2.45) is 5.73 Å². The Balaban J connectivity index is 2.18. The third-order valence-electron chi connectivity index (χ3n) is 1.29. The summed E-state index contributed by atoms with van der Waals surface area (Å²) >= 11 is 0. The molecule has 4 nitrogen and oxygen atoms in total. The largest absolute Gasteiger partial charge is 0.389 e. The predicted molar refractivity (Wildman–Crippen MR) is 32.8 cm³/mol. The van der Waals surface area contributed by atoms with E-state index in [1.807, 2.05) is 0 Å². The molecule has 0 aromatic heterocycles. The zero-order chi connectivity index (χ0) is 6.69. The van der Waals surface area contributed by atoms with Gasteiger partial charge in [-0.25, -0.2) is 0 Å². The van der Waals surface area contributed by atoms with E-state index in [0.717, 1.165) is 0 Å². The topological polar surface area (TPSA) is 67.5 Å². The monoisotopic (exact) mass is 132 g/mol. The smallest absolute Gasteiger partial charge is 0.120 e. The number of nitrogens with one attached hydrogen (secondary N) is 1. The van der Waals surface area contributed by atoms with Gasteiger partial charge in [0.1, 0.15) is 6.23 Å². The van der Waals surface area contributed by atoms with Crippen LogP contribution in [-0.4, -0.2) is 37.1 Å². The minimum Gasteiger partial charge on any atom is -0.389 e. The summed E-state index contributed by atoms with van der Waals surface area (Å²) in [5.41, 5.74) is 5.28. The van der Waals surface area contributed by atoms with Gasteiger partial charge in [0, 0.05) is 13.1 Å². The lowest BCUT2D eigenvalue weighted by molar-refractivity contribution is -0.0585. The van der Waals surface area contributed by atoms with Gasteiger partial charge in [0.2, 0.25) is 0 Å². The Labute approximate surface area is 54.0 Å². The van der Waals surface area contributed by atoms with Crippen molar-refractivity contribution in [3.8, 4) is 0 Å². The number of aliphatic hydroxyl groups excluding tert-OH is 1. The molecule has 1 rings (SSSR count). The van der Waals surface area contributed by atoms with Crippen molar-refractivity contribution in [2.75, 3.05) is 19.7 Å². The molecule has 0 saturated carbocycles. The summed E-state index contributed by atoms with van der Waals surface area (Å²) in [6, 6.07) is 0. The molecule has 2 unspecified atom stereocenters. The number of aliphatic hydroxyl groups is 1. The minimum absolute atomic E-state index is 0.0617. The average molecular weight is 132 g/mol. The molecule has 0 spiro atoms. The van der Waals surface area contributed by atoms with Crippen LogP contribution >= 0.6 is 0 Å². The molecule has 0 bridgehead atoms. The van der Waals surface area contributed by atoms with Gasteiger partial charge in [0.05, 0.1) is 12.7 Å². The molecule has 1 aliphatic rings. The Morgan fingerprint density at radius 2 is 2.56 bits per heavy atom. The number of hydrogen-bond acceptors (Lipinski definition) is 4. The molecule has 0 aliphatic carbocycles. The SMILES string of the molecule is NCC1NCC(O)CO1. The number of rotatable bonds is 1. The molecule has 2 atom stereocenters. The molecule has 0 amide bonds. The average Bonchev–Trinajstić information content (AvgIpc) is 1.90. The van der Waals surface area contributed by atoms with Crippen molar-refractivity contribution in [2.45, 2.75) is 12.3 Å². The Morgan fingerprint density at radius 3 is 3.00 bits per heavy atom. The maximum absolute atomic E-state index is 8.89. The summed E-state index contributed by atoms with van der Waals surface area (Å²) < 4.78 is 5.05. The van der Waals surface area contributed by atoms with Gasteiger partial charge in [0.25, 0.3) is 0 Å². The van der Waals surface area contributed by atoms with E-state index in [1.54, 1.807) is 0 Å². The van der Waals surface area contributed by atoms with Crippen LogP contribution in [0.25, 0.3) is 0 Å². The molecule has 4 heteroatoms. The summed E-state index contributed by atoms with van der Waals surface area (Å²) in [7, 11) is 0. The molecule has 4 N–H and O–H groups in total. The van der Waals surface area contributed by atoms with Gasteiger partial charge in [-0.15, -0.1) is 0 Å². The quantitative estimate of drug-likeness (QED) is 0.396. The second-order valence-electron chi connectivity index (χ2n) is 2.12. The number of hydrogen-bond donors (Lipinski definition) is 3. The van der Waals surface area contributed by atoms with Crippen LogP contribution in [-0.2, 0) is 4.74 Å². The maximum atomic E-state index is 8.89. The molecule has 1 fully saturated rings. The maximum Gasteiger partial charge on any atom is 0.120 e. The summed E-state index contributed by atoms with van der Waals surface area (Å²) in [5.74, 6) is 0. The Bertz CT molecular complexity index is 81.0. The fourth-order valence-electron chi connectivity index (χ4n) is 0.764. The first-order chi connectivity index (χ1) is 4.33. The van der Waals surface area contributed by atoms with Gasteiger partial charge in [-0.05, 0) is 0 Å². The van der Waals surface area contributed by atoms with E-state index in [1.165, 1.54) is 0 Å². The zero-order valence-electron chi connectivity index (χ0n) is 5.21. The van der Waals surface area contributed by atoms with E-state index in [9.17, 15) is 0 Å². The van der Waals surface area contributed by atoms with Crippen LogP contribution < -0.4 is 11.1 Å². The summed E-state index contributed by atoms with van der Waals surface area (Å²) in [6.45, 7) is 1.45. The Hall–Kier alpha value is -0.160. The lowest BCUT2D eigenvalue weighted by atomic mass is 10.3. The molecule has 0 radical (unpaired) electrons. The highest BCUT2D eigenvalue weighted by Crippen LogP contribution is 1.95. The van der Waals surface area contributed by atoms with Crippen LogP contribution in [0.5, 0.6) is 0 Å². The highest BCUT2D eigenvalue weighted by molar-refractivity contribution is 4.68.